The zero-order valence-electron chi connectivity index (χ0n) is 17.0. The first-order valence-electron chi connectivity index (χ1n) is 9.91. The van der Waals surface area contributed by atoms with Crippen molar-refractivity contribution in [3.63, 3.8) is 0 Å². The van der Waals surface area contributed by atoms with Crippen LogP contribution in [0.3, 0.4) is 0 Å². The lowest BCUT2D eigenvalue weighted by molar-refractivity contribution is -0.115. The molecule has 0 saturated heterocycles. The third-order valence-corrected chi connectivity index (χ3v) is 5.56. The topological polar surface area (TPSA) is 69.0 Å². The first kappa shape index (κ1) is 20.7. The molecule has 0 spiro atoms. The number of anilines is 1. The van der Waals surface area contributed by atoms with Gasteiger partial charge in [0.1, 0.15) is 12.4 Å². The molecule has 7 heteroatoms. The summed E-state index contributed by atoms with van der Waals surface area (Å²) in [5.74, 6) is 1.32. The maximum absolute atomic E-state index is 12.7. The number of nitrogens with zero attached hydrogens (tertiary/aromatic N) is 3. The Morgan fingerprint density at radius 2 is 1.55 bits per heavy atom. The van der Waals surface area contributed by atoms with Crippen LogP contribution in [0, 0.1) is 0 Å². The number of ether oxygens (including phenoxy) is 1. The van der Waals surface area contributed by atoms with Crippen molar-refractivity contribution in [2.24, 2.45) is 0 Å². The number of carbonyl (C=O) groups excluding carboxylic acids is 1. The Labute approximate surface area is 185 Å². The molecule has 3 aromatic carbocycles. The summed E-state index contributed by atoms with van der Waals surface area (Å²) in [5, 5.41) is 11.9. The number of rotatable bonds is 8. The fourth-order valence-corrected chi connectivity index (χ4v) is 3.83. The molecule has 1 N–H and O–H groups in total. The van der Waals surface area contributed by atoms with Crippen molar-refractivity contribution in [1.82, 2.24) is 14.8 Å². The van der Waals surface area contributed by atoms with Crippen molar-refractivity contribution in [3.8, 4) is 11.4 Å². The highest BCUT2D eigenvalue weighted by Crippen LogP contribution is 2.27. The third kappa shape index (κ3) is 5.32. The highest BCUT2D eigenvalue weighted by molar-refractivity contribution is 8.00. The summed E-state index contributed by atoms with van der Waals surface area (Å²) >= 11 is 1.36. The van der Waals surface area contributed by atoms with Crippen LogP contribution in [-0.4, -0.2) is 25.9 Å². The van der Waals surface area contributed by atoms with Crippen LogP contribution in [-0.2, 0) is 11.4 Å². The van der Waals surface area contributed by atoms with Crippen LogP contribution < -0.4 is 10.1 Å². The molecule has 1 amide bonds. The molecule has 4 rings (SSSR count). The molecular formula is C24H22N4O2S. The largest absolute Gasteiger partial charge is 0.486 e. The molecule has 4 aromatic rings. The summed E-state index contributed by atoms with van der Waals surface area (Å²) in [4.78, 5) is 12.7. The van der Waals surface area contributed by atoms with Gasteiger partial charge < -0.3 is 10.1 Å². The van der Waals surface area contributed by atoms with Crippen LogP contribution >= 0.6 is 11.8 Å². The van der Waals surface area contributed by atoms with E-state index in [0.29, 0.717) is 11.0 Å². The molecule has 1 unspecified atom stereocenters. The van der Waals surface area contributed by atoms with Crippen LogP contribution in [0.2, 0.25) is 0 Å². The Hall–Kier alpha value is -3.58. The number of hydrogen-bond acceptors (Lipinski definition) is 5. The van der Waals surface area contributed by atoms with E-state index in [1.807, 2.05) is 102 Å². The summed E-state index contributed by atoms with van der Waals surface area (Å²) in [7, 11) is 0. The number of carbonyl (C=O) groups is 1. The number of benzene rings is 3. The Balaban J connectivity index is 1.54. The van der Waals surface area contributed by atoms with E-state index in [4.69, 9.17) is 4.74 Å². The molecule has 0 bridgehead atoms. The van der Waals surface area contributed by atoms with Gasteiger partial charge in [-0.2, -0.15) is 0 Å². The van der Waals surface area contributed by atoms with Crippen molar-refractivity contribution >= 4 is 23.4 Å². The molecule has 156 valence electrons. The highest BCUT2D eigenvalue weighted by Gasteiger charge is 2.21. The van der Waals surface area contributed by atoms with Gasteiger partial charge in [-0.05, 0) is 43.3 Å². The Kier molecular flexibility index (Phi) is 6.64. The lowest BCUT2D eigenvalue weighted by Gasteiger charge is -2.14. The van der Waals surface area contributed by atoms with Gasteiger partial charge in [-0.15, -0.1) is 10.2 Å². The molecule has 1 heterocycles. The standard InChI is InChI=1S/C24H22N4O2S/c1-18(23(29)25-19-11-5-2-6-12-19)31-24-27-26-22(17-30-21-15-9-4-10-16-21)28(24)20-13-7-3-8-14-20/h2-16,18H,17H2,1H3,(H,25,29). The highest BCUT2D eigenvalue weighted by atomic mass is 32.2. The first-order valence-corrected chi connectivity index (χ1v) is 10.8. The lowest BCUT2D eigenvalue weighted by Crippen LogP contribution is -2.22. The van der Waals surface area contributed by atoms with E-state index in [1.54, 1.807) is 0 Å². The van der Waals surface area contributed by atoms with Gasteiger partial charge in [-0.25, -0.2) is 0 Å². The molecule has 1 aromatic heterocycles. The van der Waals surface area contributed by atoms with E-state index in [1.165, 1.54) is 11.8 Å². The van der Waals surface area contributed by atoms with Gasteiger partial charge in [-0.3, -0.25) is 9.36 Å². The Morgan fingerprint density at radius 1 is 0.935 bits per heavy atom. The fraction of sp³-hybridized carbons (Fsp3) is 0.125. The monoisotopic (exact) mass is 430 g/mol. The van der Waals surface area contributed by atoms with Crippen LogP contribution in [0.15, 0.2) is 96.2 Å². The molecule has 31 heavy (non-hydrogen) atoms. The van der Waals surface area contributed by atoms with Gasteiger partial charge in [0.25, 0.3) is 0 Å². The molecule has 0 aliphatic heterocycles. The molecule has 0 radical (unpaired) electrons. The number of thioether (sulfide) groups is 1. The van der Waals surface area contributed by atoms with Crippen LogP contribution in [0.1, 0.15) is 12.7 Å². The Morgan fingerprint density at radius 3 is 2.23 bits per heavy atom. The third-order valence-electron chi connectivity index (χ3n) is 4.52. The van der Waals surface area contributed by atoms with Crippen molar-refractivity contribution in [2.45, 2.75) is 23.9 Å². The predicted molar refractivity (Wildman–Crippen MR) is 123 cm³/mol. The van der Waals surface area contributed by atoms with Gasteiger partial charge in [0.05, 0.1) is 5.25 Å². The SMILES string of the molecule is CC(Sc1nnc(COc2ccccc2)n1-c1ccccc1)C(=O)Nc1ccccc1. The van der Waals surface area contributed by atoms with Gasteiger partial charge in [0.2, 0.25) is 5.91 Å². The number of hydrogen-bond donors (Lipinski definition) is 1. The zero-order valence-corrected chi connectivity index (χ0v) is 17.8. The molecule has 1 atom stereocenters. The number of aromatic nitrogens is 3. The summed E-state index contributed by atoms with van der Waals surface area (Å²) in [6, 6.07) is 28.8. The number of amides is 1. The smallest absolute Gasteiger partial charge is 0.237 e. The molecule has 0 fully saturated rings. The van der Waals surface area contributed by atoms with Gasteiger partial charge in [0, 0.05) is 11.4 Å². The second kappa shape index (κ2) is 9.95. The lowest BCUT2D eigenvalue weighted by atomic mass is 10.3. The minimum Gasteiger partial charge on any atom is -0.486 e. The molecule has 0 aliphatic rings. The number of para-hydroxylation sites is 3. The summed E-state index contributed by atoms with van der Waals surface area (Å²) in [6.45, 7) is 2.12. The maximum Gasteiger partial charge on any atom is 0.237 e. The van der Waals surface area contributed by atoms with E-state index in [9.17, 15) is 4.79 Å². The molecular weight excluding hydrogens is 408 g/mol. The van der Waals surface area contributed by atoms with Crippen LogP contribution in [0.25, 0.3) is 5.69 Å². The van der Waals surface area contributed by atoms with E-state index in [2.05, 4.69) is 15.5 Å². The molecule has 0 aliphatic carbocycles. The van der Waals surface area contributed by atoms with E-state index >= 15 is 0 Å². The summed E-state index contributed by atoms with van der Waals surface area (Å²) in [5.41, 5.74) is 1.68. The second-order valence-corrected chi connectivity index (χ2v) is 8.09. The molecule has 6 nitrogen and oxygen atoms in total. The Bertz CT molecular complexity index is 1120. The second-order valence-electron chi connectivity index (χ2n) is 6.79. The first-order chi connectivity index (χ1) is 15.2. The minimum absolute atomic E-state index is 0.0964. The van der Waals surface area contributed by atoms with Gasteiger partial charge in [0.15, 0.2) is 11.0 Å². The van der Waals surface area contributed by atoms with Crippen LogP contribution in [0.4, 0.5) is 5.69 Å². The van der Waals surface area contributed by atoms with E-state index in [-0.39, 0.29) is 17.8 Å². The fourth-order valence-electron chi connectivity index (χ4n) is 2.95. The van der Waals surface area contributed by atoms with Gasteiger partial charge in [-0.1, -0.05) is 66.4 Å². The summed E-state index contributed by atoms with van der Waals surface area (Å²) in [6.07, 6.45) is 0. The van der Waals surface area contributed by atoms with E-state index in [0.717, 1.165) is 17.1 Å². The predicted octanol–water partition coefficient (Wildman–Crippen LogP) is 4.97. The van der Waals surface area contributed by atoms with E-state index < -0.39 is 0 Å². The molecule has 0 saturated carbocycles. The average molecular weight is 431 g/mol. The van der Waals surface area contributed by atoms with Crippen molar-refractivity contribution in [3.05, 3.63) is 96.8 Å². The average Bonchev–Trinajstić information content (AvgIpc) is 3.22. The van der Waals surface area contributed by atoms with Crippen molar-refractivity contribution in [1.29, 1.82) is 0 Å². The summed E-state index contributed by atoms with van der Waals surface area (Å²) < 4.78 is 7.82. The quantitative estimate of drug-likeness (QED) is 0.400. The number of nitrogens with one attached hydrogen (secondary N) is 1. The van der Waals surface area contributed by atoms with Crippen molar-refractivity contribution < 1.29 is 9.53 Å². The zero-order chi connectivity index (χ0) is 21.5. The normalized spacial score (nSPS) is 11.6. The maximum atomic E-state index is 12.7. The minimum atomic E-state index is -0.366. The van der Waals surface area contributed by atoms with Crippen molar-refractivity contribution in [2.75, 3.05) is 5.32 Å². The van der Waals surface area contributed by atoms with Gasteiger partial charge >= 0.3 is 0 Å². The van der Waals surface area contributed by atoms with Crippen LogP contribution in [0.5, 0.6) is 5.75 Å².